The standard InChI is InChI=1S/C14H26O3/c1-3-14(15)17-13-11-9-7-5-4-6-8-10-12-16-2/h3H,1,4-13H2,2H3. The second kappa shape index (κ2) is 13.2. The minimum absolute atomic E-state index is 0.317. The molecule has 0 fully saturated rings. The van der Waals surface area contributed by atoms with Crippen LogP contribution in [-0.2, 0) is 14.3 Å². The zero-order valence-corrected chi connectivity index (χ0v) is 11.1. The number of carbonyl (C=O) groups is 1. The van der Waals surface area contributed by atoms with Crippen molar-refractivity contribution in [2.24, 2.45) is 0 Å². The summed E-state index contributed by atoms with van der Waals surface area (Å²) in [5.74, 6) is -0.317. The van der Waals surface area contributed by atoms with E-state index < -0.39 is 0 Å². The summed E-state index contributed by atoms with van der Waals surface area (Å²) in [6.45, 7) is 4.76. The summed E-state index contributed by atoms with van der Waals surface area (Å²) in [4.78, 5) is 10.7. The largest absolute Gasteiger partial charge is 0.463 e. The molecule has 0 aliphatic heterocycles. The maximum absolute atomic E-state index is 10.7. The highest BCUT2D eigenvalue weighted by atomic mass is 16.5. The first-order chi connectivity index (χ1) is 8.31. The maximum atomic E-state index is 10.7. The molecule has 0 N–H and O–H groups in total. The van der Waals surface area contributed by atoms with Crippen molar-refractivity contribution in [3.8, 4) is 0 Å². The first-order valence-electron chi connectivity index (χ1n) is 6.59. The maximum Gasteiger partial charge on any atom is 0.330 e. The molecule has 0 heterocycles. The van der Waals surface area contributed by atoms with Gasteiger partial charge in [0, 0.05) is 19.8 Å². The molecule has 0 aromatic heterocycles. The zero-order valence-electron chi connectivity index (χ0n) is 11.1. The van der Waals surface area contributed by atoms with Gasteiger partial charge < -0.3 is 9.47 Å². The van der Waals surface area contributed by atoms with Crippen molar-refractivity contribution in [1.29, 1.82) is 0 Å². The van der Waals surface area contributed by atoms with Crippen LogP contribution in [-0.4, -0.2) is 26.3 Å². The zero-order chi connectivity index (χ0) is 12.8. The Morgan fingerprint density at radius 1 is 0.941 bits per heavy atom. The van der Waals surface area contributed by atoms with Gasteiger partial charge in [0.2, 0.25) is 0 Å². The van der Waals surface area contributed by atoms with Gasteiger partial charge in [0.25, 0.3) is 0 Å². The molecule has 0 amide bonds. The normalized spacial score (nSPS) is 10.2. The highest BCUT2D eigenvalue weighted by Gasteiger charge is 1.95. The Morgan fingerprint density at radius 3 is 1.88 bits per heavy atom. The van der Waals surface area contributed by atoms with Crippen LogP contribution in [0.5, 0.6) is 0 Å². The molecule has 17 heavy (non-hydrogen) atoms. The fourth-order valence-electron chi connectivity index (χ4n) is 1.64. The molecule has 0 aromatic rings. The molecule has 0 aliphatic carbocycles. The van der Waals surface area contributed by atoms with Crippen LogP contribution in [0.25, 0.3) is 0 Å². The molecule has 3 heteroatoms. The highest BCUT2D eigenvalue weighted by molar-refractivity contribution is 5.81. The van der Waals surface area contributed by atoms with Gasteiger partial charge in [-0.3, -0.25) is 0 Å². The van der Waals surface area contributed by atoms with Crippen LogP contribution in [0.1, 0.15) is 51.4 Å². The Morgan fingerprint density at radius 2 is 1.41 bits per heavy atom. The quantitative estimate of drug-likeness (QED) is 0.298. The summed E-state index contributed by atoms with van der Waals surface area (Å²) >= 11 is 0. The molecule has 0 radical (unpaired) electrons. The number of hydrogen-bond donors (Lipinski definition) is 0. The minimum atomic E-state index is -0.317. The second-order valence-electron chi connectivity index (χ2n) is 4.19. The summed E-state index contributed by atoms with van der Waals surface area (Å²) in [7, 11) is 1.75. The predicted molar refractivity (Wildman–Crippen MR) is 70.0 cm³/mol. The number of rotatable bonds is 12. The number of methoxy groups -OCH3 is 1. The van der Waals surface area contributed by atoms with Gasteiger partial charge in [-0.2, -0.15) is 0 Å². The van der Waals surface area contributed by atoms with Gasteiger partial charge in [-0.25, -0.2) is 4.79 Å². The summed E-state index contributed by atoms with van der Waals surface area (Å²) < 4.78 is 9.89. The third-order valence-electron chi connectivity index (χ3n) is 2.65. The van der Waals surface area contributed by atoms with Crippen LogP contribution in [0.3, 0.4) is 0 Å². The number of ether oxygens (including phenoxy) is 2. The third-order valence-corrected chi connectivity index (χ3v) is 2.65. The lowest BCUT2D eigenvalue weighted by Crippen LogP contribution is -2.01. The molecular formula is C14H26O3. The number of unbranched alkanes of at least 4 members (excludes halogenated alkanes) is 7. The topological polar surface area (TPSA) is 35.5 Å². The van der Waals surface area contributed by atoms with Gasteiger partial charge in [0.05, 0.1) is 6.61 Å². The first kappa shape index (κ1) is 16.2. The van der Waals surface area contributed by atoms with Gasteiger partial charge in [-0.1, -0.05) is 45.1 Å². The van der Waals surface area contributed by atoms with Gasteiger partial charge in [-0.05, 0) is 12.8 Å². The van der Waals surface area contributed by atoms with E-state index in [4.69, 9.17) is 9.47 Å². The Bertz CT molecular complexity index is 190. The van der Waals surface area contributed by atoms with Crippen LogP contribution in [0.4, 0.5) is 0 Å². The van der Waals surface area contributed by atoms with Crippen LogP contribution in [0.2, 0.25) is 0 Å². The highest BCUT2D eigenvalue weighted by Crippen LogP contribution is 2.08. The Balaban J connectivity index is 2.98. The molecule has 0 saturated carbocycles. The summed E-state index contributed by atoms with van der Waals surface area (Å²) in [6.07, 6.45) is 10.9. The molecule has 0 aromatic carbocycles. The van der Waals surface area contributed by atoms with Gasteiger partial charge in [0.15, 0.2) is 0 Å². The molecule has 0 atom stereocenters. The van der Waals surface area contributed by atoms with Crippen molar-refractivity contribution in [3.05, 3.63) is 12.7 Å². The van der Waals surface area contributed by atoms with Crippen LogP contribution in [0, 0.1) is 0 Å². The Kier molecular flexibility index (Phi) is 12.6. The lowest BCUT2D eigenvalue weighted by atomic mass is 10.1. The van der Waals surface area contributed by atoms with Crippen LogP contribution in [0.15, 0.2) is 12.7 Å². The molecule has 0 unspecified atom stereocenters. The van der Waals surface area contributed by atoms with Crippen molar-refractivity contribution < 1.29 is 14.3 Å². The Hall–Kier alpha value is -0.830. The van der Waals surface area contributed by atoms with Crippen molar-refractivity contribution in [2.45, 2.75) is 51.4 Å². The van der Waals surface area contributed by atoms with E-state index in [9.17, 15) is 4.79 Å². The van der Waals surface area contributed by atoms with Crippen molar-refractivity contribution in [1.82, 2.24) is 0 Å². The van der Waals surface area contributed by atoms with E-state index >= 15 is 0 Å². The smallest absolute Gasteiger partial charge is 0.330 e. The fourth-order valence-corrected chi connectivity index (χ4v) is 1.64. The predicted octanol–water partition coefficient (Wildman–Crippen LogP) is 3.48. The summed E-state index contributed by atoms with van der Waals surface area (Å²) in [6, 6.07) is 0. The van der Waals surface area contributed by atoms with Crippen molar-refractivity contribution in [2.75, 3.05) is 20.3 Å². The fraction of sp³-hybridized carbons (Fsp3) is 0.786. The van der Waals surface area contributed by atoms with E-state index in [1.807, 2.05) is 0 Å². The molecule has 0 bridgehead atoms. The van der Waals surface area contributed by atoms with Crippen molar-refractivity contribution >= 4 is 5.97 Å². The van der Waals surface area contributed by atoms with E-state index in [1.165, 1.54) is 44.6 Å². The molecular weight excluding hydrogens is 216 g/mol. The average molecular weight is 242 g/mol. The second-order valence-corrected chi connectivity index (χ2v) is 4.19. The van der Waals surface area contributed by atoms with Gasteiger partial charge in [-0.15, -0.1) is 0 Å². The number of hydrogen-bond acceptors (Lipinski definition) is 3. The lowest BCUT2D eigenvalue weighted by Gasteiger charge is -2.03. The molecule has 0 aliphatic rings. The monoisotopic (exact) mass is 242 g/mol. The van der Waals surface area contributed by atoms with E-state index in [-0.39, 0.29) is 5.97 Å². The van der Waals surface area contributed by atoms with E-state index in [2.05, 4.69) is 6.58 Å². The van der Waals surface area contributed by atoms with E-state index in [1.54, 1.807) is 7.11 Å². The van der Waals surface area contributed by atoms with Gasteiger partial charge in [0.1, 0.15) is 0 Å². The molecule has 0 rings (SSSR count). The first-order valence-corrected chi connectivity index (χ1v) is 6.59. The van der Waals surface area contributed by atoms with Crippen molar-refractivity contribution in [3.63, 3.8) is 0 Å². The number of esters is 1. The Labute approximate surface area is 105 Å². The minimum Gasteiger partial charge on any atom is -0.463 e. The molecule has 0 spiro atoms. The average Bonchev–Trinajstić information content (AvgIpc) is 2.35. The van der Waals surface area contributed by atoms with Crippen LogP contribution < -0.4 is 0 Å². The molecule has 3 nitrogen and oxygen atoms in total. The molecule has 100 valence electrons. The van der Waals surface area contributed by atoms with E-state index in [0.717, 1.165) is 19.4 Å². The lowest BCUT2D eigenvalue weighted by molar-refractivity contribution is -0.137. The number of carbonyl (C=O) groups excluding carboxylic acids is 1. The molecule has 0 saturated heterocycles. The van der Waals surface area contributed by atoms with Crippen LogP contribution >= 0.6 is 0 Å². The third kappa shape index (κ3) is 13.1. The van der Waals surface area contributed by atoms with E-state index in [0.29, 0.717) is 6.61 Å². The SMILES string of the molecule is C=CC(=O)OCCCCCCCCCCOC. The van der Waals surface area contributed by atoms with Gasteiger partial charge >= 0.3 is 5.97 Å². The summed E-state index contributed by atoms with van der Waals surface area (Å²) in [5, 5.41) is 0. The summed E-state index contributed by atoms with van der Waals surface area (Å²) in [5.41, 5.74) is 0.